The minimum absolute atomic E-state index is 0.198. The second-order valence-corrected chi connectivity index (χ2v) is 6.45. The van der Waals surface area contributed by atoms with Gasteiger partial charge in [0.25, 0.3) is 0 Å². The minimum Gasteiger partial charge on any atom is -0.433 e. The van der Waals surface area contributed by atoms with Gasteiger partial charge >= 0.3 is 6.61 Å². The van der Waals surface area contributed by atoms with Crippen molar-refractivity contribution in [1.82, 2.24) is 15.5 Å². The summed E-state index contributed by atoms with van der Waals surface area (Å²) in [4.78, 5) is 8.70. The molecule has 1 unspecified atom stereocenters. The second-order valence-electron chi connectivity index (χ2n) is 6.45. The maximum atomic E-state index is 12.6. The highest BCUT2D eigenvalue weighted by atomic mass is 19.3. The van der Waals surface area contributed by atoms with Crippen LogP contribution in [0, 0.1) is 0 Å². The van der Waals surface area contributed by atoms with E-state index in [1.54, 1.807) is 19.2 Å². The molecule has 0 bridgehead atoms. The lowest BCUT2D eigenvalue weighted by atomic mass is 10.2. The SMILES string of the molecule is CCN(CC)CCNC(=NC)NC1CCN(c2ccccc2OC(F)F)C1. The number of nitrogens with one attached hydrogen (secondary N) is 2. The van der Waals surface area contributed by atoms with E-state index in [1.165, 1.54) is 0 Å². The van der Waals surface area contributed by atoms with Gasteiger partial charge in [-0.05, 0) is 31.6 Å². The van der Waals surface area contributed by atoms with Crippen LogP contribution in [0.1, 0.15) is 20.3 Å². The van der Waals surface area contributed by atoms with E-state index in [-0.39, 0.29) is 11.8 Å². The number of ether oxygens (including phenoxy) is 1. The van der Waals surface area contributed by atoms with Crippen molar-refractivity contribution >= 4 is 11.6 Å². The van der Waals surface area contributed by atoms with E-state index in [9.17, 15) is 8.78 Å². The molecule has 1 fully saturated rings. The van der Waals surface area contributed by atoms with Crippen molar-refractivity contribution < 1.29 is 13.5 Å². The van der Waals surface area contributed by atoms with Crippen LogP contribution in [0.15, 0.2) is 29.3 Å². The van der Waals surface area contributed by atoms with Gasteiger partial charge < -0.3 is 25.2 Å². The molecule has 6 nitrogen and oxygen atoms in total. The number of alkyl halides is 2. The smallest absolute Gasteiger partial charge is 0.387 e. The number of nitrogens with zero attached hydrogens (tertiary/aromatic N) is 3. The van der Waals surface area contributed by atoms with Gasteiger partial charge in [0.1, 0.15) is 5.75 Å². The van der Waals surface area contributed by atoms with Crippen molar-refractivity contribution in [1.29, 1.82) is 0 Å². The molecule has 0 aromatic heterocycles. The monoisotopic (exact) mass is 383 g/mol. The van der Waals surface area contributed by atoms with Crippen LogP contribution in [0.4, 0.5) is 14.5 Å². The quantitative estimate of drug-likeness (QED) is 0.507. The van der Waals surface area contributed by atoms with E-state index in [0.717, 1.165) is 45.1 Å². The summed E-state index contributed by atoms with van der Waals surface area (Å²) in [5.41, 5.74) is 0.701. The average molecular weight is 383 g/mol. The molecule has 1 saturated heterocycles. The number of aliphatic imine (C=N–C) groups is 1. The van der Waals surface area contributed by atoms with Crippen LogP contribution < -0.4 is 20.3 Å². The van der Waals surface area contributed by atoms with Gasteiger partial charge in [-0.2, -0.15) is 8.78 Å². The summed E-state index contributed by atoms with van der Waals surface area (Å²) < 4.78 is 29.9. The zero-order valence-electron chi connectivity index (χ0n) is 16.4. The first-order valence-electron chi connectivity index (χ1n) is 9.55. The maximum absolute atomic E-state index is 12.6. The van der Waals surface area contributed by atoms with Gasteiger partial charge in [-0.25, -0.2) is 0 Å². The largest absolute Gasteiger partial charge is 0.433 e. The summed E-state index contributed by atoms with van der Waals surface area (Å²) >= 11 is 0. The summed E-state index contributed by atoms with van der Waals surface area (Å²) in [6.45, 7) is 6.81. The topological polar surface area (TPSA) is 52.1 Å². The zero-order chi connectivity index (χ0) is 19.6. The lowest BCUT2D eigenvalue weighted by molar-refractivity contribution is -0.0495. The Morgan fingerprint density at radius 2 is 2.07 bits per heavy atom. The molecule has 1 atom stereocenters. The Morgan fingerprint density at radius 3 is 2.74 bits per heavy atom. The molecule has 1 heterocycles. The van der Waals surface area contributed by atoms with Crippen LogP contribution in [0.3, 0.4) is 0 Å². The highest BCUT2D eigenvalue weighted by Gasteiger charge is 2.26. The first-order valence-corrected chi connectivity index (χ1v) is 9.55. The number of hydrogen-bond acceptors (Lipinski definition) is 4. The van der Waals surface area contributed by atoms with Crippen molar-refractivity contribution in [3.63, 3.8) is 0 Å². The molecule has 0 spiro atoms. The van der Waals surface area contributed by atoms with E-state index in [2.05, 4.69) is 44.0 Å². The Labute approximate surface area is 160 Å². The van der Waals surface area contributed by atoms with Gasteiger partial charge in [-0.1, -0.05) is 26.0 Å². The molecule has 0 aliphatic carbocycles. The van der Waals surface area contributed by atoms with Crippen LogP contribution in [0.5, 0.6) is 5.75 Å². The summed E-state index contributed by atoms with van der Waals surface area (Å²) in [7, 11) is 1.76. The number of rotatable bonds is 9. The molecular formula is C19H31F2N5O. The predicted molar refractivity (Wildman–Crippen MR) is 106 cm³/mol. The Hall–Kier alpha value is -2.09. The highest BCUT2D eigenvalue weighted by Crippen LogP contribution is 2.31. The fourth-order valence-corrected chi connectivity index (χ4v) is 3.27. The van der Waals surface area contributed by atoms with Crippen molar-refractivity contribution in [2.75, 3.05) is 51.2 Å². The van der Waals surface area contributed by atoms with Gasteiger partial charge in [0, 0.05) is 39.3 Å². The molecule has 8 heteroatoms. The number of benzene rings is 1. The number of halogens is 2. The van der Waals surface area contributed by atoms with E-state index in [4.69, 9.17) is 0 Å². The molecule has 1 aliphatic heterocycles. The molecule has 2 N–H and O–H groups in total. The molecule has 1 aromatic rings. The lowest BCUT2D eigenvalue weighted by Crippen LogP contribution is -2.46. The normalized spacial score (nSPS) is 17.7. The summed E-state index contributed by atoms with van der Waals surface area (Å²) in [5, 5.41) is 6.77. The van der Waals surface area contributed by atoms with E-state index in [0.29, 0.717) is 12.2 Å². The lowest BCUT2D eigenvalue weighted by Gasteiger charge is -2.23. The molecule has 1 aromatic carbocycles. The number of likely N-dealkylation sites (N-methyl/N-ethyl adjacent to an activating group) is 1. The predicted octanol–water partition coefficient (Wildman–Crippen LogP) is 2.37. The van der Waals surface area contributed by atoms with Crippen LogP contribution in [-0.2, 0) is 0 Å². The zero-order valence-corrected chi connectivity index (χ0v) is 16.4. The molecule has 0 saturated carbocycles. The molecule has 27 heavy (non-hydrogen) atoms. The molecule has 0 radical (unpaired) electrons. The van der Waals surface area contributed by atoms with Crippen LogP contribution >= 0.6 is 0 Å². The number of anilines is 1. The highest BCUT2D eigenvalue weighted by molar-refractivity contribution is 5.80. The van der Waals surface area contributed by atoms with E-state index in [1.807, 2.05) is 12.1 Å². The Balaban J connectivity index is 1.86. The molecular weight excluding hydrogens is 352 g/mol. The van der Waals surface area contributed by atoms with Crippen molar-refractivity contribution in [3.05, 3.63) is 24.3 Å². The molecule has 2 rings (SSSR count). The van der Waals surface area contributed by atoms with Gasteiger partial charge in [-0.3, -0.25) is 4.99 Å². The molecule has 0 amide bonds. The average Bonchev–Trinajstić information content (AvgIpc) is 3.12. The third kappa shape index (κ3) is 6.53. The fourth-order valence-electron chi connectivity index (χ4n) is 3.27. The van der Waals surface area contributed by atoms with Gasteiger partial charge in [0.05, 0.1) is 5.69 Å². The molecule has 1 aliphatic rings. The Morgan fingerprint density at radius 1 is 1.33 bits per heavy atom. The minimum atomic E-state index is -2.82. The number of guanidine groups is 1. The Kier molecular flexibility index (Phi) is 8.57. The van der Waals surface area contributed by atoms with Crippen LogP contribution in [0.25, 0.3) is 0 Å². The van der Waals surface area contributed by atoms with Crippen molar-refractivity contribution in [2.45, 2.75) is 32.9 Å². The first-order chi connectivity index (χ1) is 13.1. The third-order valence-electron chi connectivity index (χ3n) is 4.79. The summed E-state index contributed by atoms with van der Waals surface area (Å²) in [5.74, 6) is 0.987. The fraction of sp³-hybridized carbons (Fsp3) is 0.632. The van der Waals surface area contributed by atoms with Gasteiger partial charge in [0.15, 0.2) is 5.96 Å². The summed E-state index contributed by atoms with van der Waals surface area (Å²) in [6, 6.07) is 7.13. The van der Waals surface area contributed by atoms with Gasteiger partial charge in [0.2, 0.25) is 0 Å². The molecule has 152 valence electrons. The van der Waals surface area contributed by atoms with Crippen LogP contribution in [-0.4, -0.2) is 69.8 Å². The summed E-state index contributed by atoms with van der Waals surface area (Å²) in [6.07, 6.45) is 0.903. The van der Waals surface area contributed by atoms with E-state index >= 15 is 0 Å². The Bertz CT molecular complexity index is 595. The van der Waals surface area contributed by atoms with Gasteiger partial charge in [-0.15, -0.1) is 0 Å². The third-order valence-corrected chi connectivity index (χ3v) is 4.79. The number of hydrogen-bond donors (Lipinski definition) is 2. The maximum Gasteiger partial charge on any atom is 0.387 e. The van der Waals surface area contributed by atoms with E-state index < -0.39 is 6.61 Å². The standard InChI is InChI=1S/C19H31F2N5O/c1-4-25(5-2)13-11-23-19(22-3)24-15-10-12-26(14-15)16-8-6-7-9-17(16)27-18(20)21/h6-9,15,18H,4-5,10-14H2,1-3H3,(H2,22,23,24). The van der Waals surface area contributed by atoms with Crippen molar-refractivity contribution in [2.24, 2.45) is 4.99 Å². The van der Waals surface area contributed by atoms with Crippen LogP contribution in [0.2, 0.25) is 0 Å². The second kappa shape index (κ2) is 10.9. The van der Waals surface area contributed by atoms with Crippen molar-refractivity contribution in [3.8, 4) is 5.75 Å². The number of para-hydroxylation sites is 2. The first kappa shape index (κ1) is 21.2.